The maximum atomic E-state index is 13.1. The summed E-state index contributed by atoms with van der Waals surface area (Å²) in [4.78, 5) is 11.1. The molecule has 0 aliphatic rings. The van der Waals surface area contributed by atoms with Crippen molar-refractivity contribution in [2.45, 2.75) is 33.4 Å². The number of carbonyl (C=O) groups excluding carboxylic acids is 1. The quantitative estimate of drug-likeness (QED) is 0.559. The van der Waals surface area contributed by atoms with E-state index in [0.717, 1.165) is 6.07 Å². The minimum Gasteiger partial charge on any atom is -0.294 e. The number of Topliss-reactive ketones (excluding diaryl/α,β-unsaturated/α-hetero) is 1. The molecule has 0 amide bonds. The zero-order chi connectivity index (χ0) is 13.6. The molecule has 0 aliphatic heterocycles. The van der Waals surface area contributed by atoms with Crippen LogP contribution in [-0.4, -0.2) is 5.78 Å². The number of ketones is 1. The molecule has 0 bridgehead atoms. The average molecular weight is 250 g/mol. The highest BCUT2D eigenvalue weighted by Crippen LogP contribution is 2.30. The van der Waals surface area contributed by atoms with E-state index in [4.69, 9.17) is 0 Å². The summed E-state index contributed by atoms with van der Waals surface area (Å²) < 4.78 is 49.5. The topological polar surface area (TPSA) is 17.1 Å². The zero-order valence-corrected chi connectivity index (χ0v) is 9.86. The molecular formula is C12H14F4O. The van der Waals surface area contributed by atoms with E-state index in [1.807, 2.05) is 13.8 Å². The van der Waals surface area contributed by atoms with Crippen LogP contribution in [0.3, 0.4) is 0 Å². The number of hydrogen-bond acceptors (Lipinski definition) is 1. The number of alkyl halides is 3. The Morgan fingerprint density at radius 3 is 2.12 bits per heavy atom. The van der Waals surface area contributed by atoms with Gasteiger partial charge in [0.25, 0.3) is 0 Å². The lowest BCUT2D eigenvalue weighted by atomic mass is 10.1. The Hall–Kier alpha value is -1.39. The van der Waals surface area contributed by atoms with Gasteiger partial charge in [-0.15, -0.1) is 0 Å². The summed E-state index contributed by atoms with van der Waals surface area (Å²) in [7, 11) is 0. The third-order valence-electron chi connectivity index (χ3n) is 1.92. The minimum atomic E-state index is -4.59. The number of halogens is 4. The van der Waals surface area contributed by atoms with Crippen LogP contribution in [0.15, 0.2) is 18.2 Å². The van der Waals surface area contributed by atoms with Crippen LogP contribution in [0.2, 0.25) is 0 Å². The lowest BCUT2D eigenvalue weighted by Crippen LogP contribution is -2.08. The summed E-state index contributed by atoms with van der Waals surface area (Å²) in [5.74, 6) is -1.64. The molecule has 5 heteroatoms. The first-order valence-corrected chi connectivity index (χ1v) is 5.26. The van der Waals surface area contributed by atoms with E-state index in [0.29, 0.717) is 12.1 Å². The predicted molar refractivity (Wildman–Crippen MR) is 57.4 cm³/mol. The molecule has 0 atom stereocenters. The standard InChI is InChI=1S/C10H8F4O.C2H6/c1-2-9(15)7-4-3-6(5-8(7)11)10(12,13)14;1-2/h3-5H,2H2,1H3;1-2H3. The summed E-state index contributed by atoms with van der Waals surface area (Å²) in [6.07, 6.45) is -4.53. The monoisotopic (exact) mass is 250 g/mol. The second kappa shape index (κ2) is 6.37. The molecule has 0 aliphatic carbocycles. The highest BCUT2D eigenvalue weighted by molar-refractivity contribution is 5.96. The molecule has 96 valence electrons. The van der Waals surface area contributed by atoms with E-state index in [1.54, 1.807) is 0 Å². The third kappa shape index (κ3) is 4.17. The van der Waals surface area contributed by atoms with Gasteiger partial charge in [-0.3, -0.25) is 4.79 Å². The SMILES string of the molecule is CC.CCC(=O)c1ccc(C(F)(F)F)cc1F. The second-order valence-corrected chi connectivity index (χ2v) is 2.97. The molecule has 0 saturated carbocycles. The summed E-state index contributed by atoms with van der Waals surface area (Å²) >= 11 is 0. The van der Waals surface area contributed by atoms with E-state index >= 15 is 0 Å². The molecule has 0 unspecified atom stereocenters. The van der Waals surface area contributed by atoms with Gasteiger partial charge < -0.3 is 0 Å². The van der Waals surface area contributed by atoms with Gasteiger partial charge in [0.05, 0.1) is 11.1 Å². The van der Waals surface area contributed by atoms with Gasteiger partial charge in [0.2, 0.25) is 0 Å². The lowest BCUT2D eigenvalue weighted by Gasteiger charge is -2.07. The summed E-state index contributed by atoms with van der Waals surface area (Å²) in [6.45, 7) is 5.51. The van der Waals surface area contributed by atoms with Gasteiger partial charge in [0, 0.05) is 6.42 Å². The van der Waals surface area contributed by atoms with E-state index in [1.165, 1.54) is 6.92 Å². The minimum absolute atomic E-state index is 0.0578. The van der Waals surface area contributed by atoms with Crippen molar-refractivity contribution in [1.82, 2.24) is 0 Å². The zero-order valence-electron chi connectivity index (χ0n) is 9.86. The van der Waals surface area contributed by atoms with Crippen LogP contribution in [-0.2, 0) is 6.18 Å². The highest BCUT2D eigenvalue weighted by atomic mass is 19.4. The Bertz CT molecular complexity index is 383. The molecule has 1 aromatic rings. The predicted octanol–water partition coefficient (Wildman–Crippen LogP) is 4.46. The van der Waals surface area contributed by atoms with Gasteiger partial charge in [0.1, 0.15) is 5.82 Å². The molecule has 1 aromatic carbocycles. The van der Waals surface area contributed by atoms with Gasteiger partial charge in [0.15, 0.2) is 5.78 Å². The molecule has 0 saturated heterocycles. The van der Waals surface area contributed by atoms with Crippen molar-refractivity contribution in [2.75, 3.05) is 0 Å². The molecule has 1 nitrogen and oxygen atoms in total. The average Bonchev–Trinajstić information content (AvgIpc) is 2.29. The van der Waals surface area contributed by atoms with Gasteiger partial charge in [-0.05, 0) is 18.2 Å². The second-order valence-electron chi connectivity index (χ2n) is 2.97. The maximum Gasteiger partial charge on any atom is 0.416 e. The summed E-state index contributed by atoms with van der Waals surface area (Å²) in [6, 6.07) is 1.90. The normalized spacial score (nSPS) is 10.5. The number of hydrogen-bond donors (Lipinski definition) is 0. The Morgan fingerprint density at radius 1 is 1.24 bits per heavy atom. The van der Waals surface area contributed by atoms with Gasteiger partial charge >= 0.3 is 6.18 Å². The molecule has 0 radical (unpaired) electrons. The van der Waals surface area contributed by atoms with Crippen molar-refractivity contribution in [1.29, 1.82) is 0 Å². The Morgan fingerprint density at radius 2 is 1.76 bits per heavy atom. The molecule has 0 aromatic heterocycles. The van der Waals surface area contributed by atoms with Crippen LogP contribution in [0.1, 0.15) is 43.1 Å². The van der Waals surface area contributed by atoms with E-state index in [2.05, 4.69) is 0 Å². The first kappa shape index (κ1) is 15.6. The van der Waals surface area contributed by atoms with Crippen LogP contribution in [0.25, 0.3) is 0 Å². The summed E-state index contributed by atoms with van der Waals surface area (Å²) in [5, 5.41) is 0. The lowest BCUT2D eigenvalue weighted by molar-refractivity contribution is -0.137. The first-order chi connectivity index (χ1) is 7.86. The van der Waals surface area contributed by atoms with Crippen molar-refractivity contribution in [3.8, 4) is 0 Å². The smallest absolute Gasteiger partial charge is 0.294 e. The largest absolute Gasteiger partial charge is 0.416 e. The molecule has 0 fully saturated rings. The van der Waals surface area contributed by atoms with Crippen LogP contribution in [0, 0.1) is 5.82 Å². The molecule has 0 N–H and O–H groups in total. The Balaban J connectivity index is 0.00000121. The molecule has 1 rings (SSSR count). The van der Waals surface area contributed by atoms with Crippen molar-refractivity contribution in [3.05, 3.63) is 35.1 Å². The summed E-state index contributed by atoms with van der Waals surface area (Å²) in [5.41, 5.74) is -1.39. The number of rotatable bonds is 2. The van der Waals surface area contributed by atoms with E-state index in [9.17, 15) is 22.4 Å². The van der Waals surface area contributed by atoms with Crippen LogP contribution >= 0.6 is 0 Å². The Labute approximate surface area is 97.5 Å². The fraction of sp³-hybridized carbons (Fsp3) is 0.417. The molecule has 0 heterocycles. The van der Waals surface area contributed by atoms with E-state index < -0.39 is 23.3 Å². The molecule has 17 heavy (non-hydrogen) atoms. The van der Waals surface area contributed by atoms with Crippen LogP contribution < -0.4 is 0 Å². The van der Waals surface area contributed by atoms with Crippen molar-refractivity contribution < 1.29 is 22.4 Å². The van der Waals surface area contributed by atoms with Crippen LogP contribution in [0.5, 0.6) is 0 Å². The first-order valence-electron chi connectivity index (χ1n) is 5.26. The fourth-order valence-electron chi connectivity index (χ4n) is 1.11. The maximum absolute atomic E-state index is 13.1. The van der Waals surface area contributed by atoms with Crippen molar-refractivity contribution in [2.24, 2.45) is 0 Å². The van der Waals surface area contributed by atoms with Gasteiger partial charge in [-0.25, -0.2) is 4.39 Å². The highest BCUT2D eigenvalue weighted by Gasteiger charge is 2.31. The van der Waals surface area contributed by atoms with Crippen LogP contribution in [0.4, 0.5) is 17.6 Å². The van der Waals surface area contributed by atoms with Crippen molar-refractivity contribution >= 4 is 5.78 Å². The number of carbonyl (C=O) groups is 1. The van der Waals surface area contributed by atoms with E-state index in [-0.39, 0.29) is 12.0 Å². The van der Waals surface area contributed by atoms with Gasteiger partial charge in [-0.1, -0.05) is 20.8 Å². The molecule has 0 spiro atoms. The third-order valence-corrected chi connectivity index (χ3v) is 1.92. The number of benzene rings is 1. The van der Waals surface area contributed by atoms with Crippen molar-refractivity contribution in [3.63, 3.8) is 0 Å². The molecular weight excluding hydrogens is 236 g/mol. The van der Waals surface area contributed by atoms with Gasteiger partial charge in [-0.2, -0.15) is 13.2 Å². The fourth-order valence-corrected chi connectivity index (χ4v) is 1.11. The Kier molecular flexibility index (Phi) is 5.85.